The van der Waals surface area contributed by atoms with Crippen molar-refractivity contribution in [2.75, 3.05) is 0 Å². The molecule has 0 aliphatic carbocycles. The Morgan fingerprint density at radius 1 is 1.32 bits per heavy atom. The van der Waals surface area contributed by atoms with Crippen molar-refractivity contribution in [2.45, 2.75) is 6.92 Å². The smallest absolute Gasteiger partial charge is 0.356 e. The molecular formula is C17H11ClN4O2S. The fourth-order valence-corrected chi connectivity index (χ4v) is 3.83. The number of hydrogen-bond acceptors (Lipinski definition) is 5. The second kappa shape index (κ2) is 5.94. The molecule has 1 aromatic carbocycles. The van der Waals surface area contributed by atoms with Crippen LogP contribution in [0.25, 0.3) is 32.0 Å². The zero-order chi connectivity index (χ0) is 17.6. The van der Waals surface area contributed by atoms with Gasteiger partial charge in [0, 0.05) is 28.4 Å². The van der Waals surface area contributed by atoms with Crippen LogP contribution in [0.2, 0.25) is 5.02 Å². The van der Waals surface area contributed by atoms with E-state index < -0.39 is 5.97 Å². The molecule has 6 nitrogen and oxygen atoms in total. The first-order valence-corrected chi connectivity index (χ1v) is 8.53. The molecule has 4 rings (SSSR count). The molecule has 0 aliphatic heterocycles. The van der Waals surface area contributed by atoms with E-state index in [0.717, 1.165) is 16.5 Å². The predicted molar refractivity (Wildman–Crippen MR) is 97.1 cm³/mol. The lowest BCUT2D eigenvalue weighted by molar-refractivity contribution is 0.0692. The molecule has 25 heavy (non-hydrogen) atoms. The monoisotopic (exact) mass is 370 g/mol. The number of carboxylic acids is 1. The summed E-state index contributed by atoms with van der Waals surface area (Å²) in [5.74, 6) is -1.08. The summed E-state index contributed by atoms with van der Waals surface area (Å²) in [6.07, 6.45) is 3.26. The first-order chi connectivity index (χ1) is 12.1. The van der Waals surface area contributed by atoms with Crippen molar-refractivity contribution in [3.05, 3.63) is 52.9 Å². The molecule has 0 fully saturated rings. The van der Waals surface area contributed by atoms with Crippen molar-refractivity contribution >= 4 is 39.8 Å². The molecule has 2 N–H and O–H groups in total. The Morgan fingerprint density at radius 2 is 2.16 bits per heavy atom. The van der Waals surface area contributed by atoms with Gasteiger partial charge in [-0.2, -0.15) is 5.10 Å². The number of benzene rings is 1. The lowest BCUT2D eigenvalue weighted by Gasteiger charge is -1.98. The molecule has 124 valence electrons. The minimum atomic E-state index is -1.08. The average Bonchev–Trinajstić information content (AvgIpc) is 3.23. The highest BCUT2D eigenvalue weighted by atomic mass is 35.5. The molecule has 3 aromatic heterocycles. The number of thiazole rings is 1. The van der Waals surface area contributed by atoms with Crippen LogP contribution in [-0.4, -0.2) is 31.2 Å². The Morgan fingerprint density at radius 3 is 2.88 bits per heavy atom. The number of halogens is 1. The van der Waals surface area contributed by atoms with Gasteiger partial charge in [0.25, 0.3) is 0 Å². The Hall–Kier alpha value is -2.77. The maximum absolute atomic E-state index is 11.6. The van der Waals surface area contributed by atoms with Gasteiger partial charge in [0.05, 0.1) is 10.4 Å². The summed E-state index contributed by atoms with van der Waals surface area (Å²) in [4.78, 5) is 20.6. The lowest BCUT2D eigenvalue weighted by atomic mass is 10.1. The minimum Gasteiger partial charge on any atom is -0.476 e. The number of carboxylic acid groups (broad SMARTS) is 1. The summed E-state index contributed by atoms with van der Waals surface area (Å²) in [7, 11) is 0. The second-order valence-electron chi connectivity index (χ2n) is 5.41. The summed E-state index contributed by atoms with van der Waals surface area (Å²) >= 11 is 7.43. The van der Waals surface area contributed by atoms with E-state index >= 15 is 0 Å². The van der Waals surface area contributed by atoms with Crippen LogP contribution in [0.1, 0.15) is 16.1 Å². The third kappa shape index (κ3) is 2.57. The molecule has 8 heteroatoms. The van der Waals surface area contributed by atoms with Crippen LogP contribution < -0.4 is 0 Å². The van der Waals surface area contributed by atoms with Gasteiger partial charge in [-0.15, -0.1) is 11.3 Å². The van der Waals surface area contributed by atoms with Crippen molar-refractivity contribution in [1.29, 1.82) is 0 Å². The molecule has 0 bridgehead atoms. The van der Waals surface area contributed by atoms with Crippen LogP contribution in [0.4, 0.5) is 0 Å². The van der Waals surface area contributed by atoms with Gasteiger partial charge in [-0.1, -0.05) is 17.7 Å². The standard InChI is InChI=1S/C17H11ClN4O2S/c1-8-11(18)5-4-10-12(8)21-22-13(10)16-20-14(17(23)24)15(25-16)9-3-2-6-19-7-9/h2-7H,1H3,(H,21,22)(H,23,24). The first kappa shape index (κ1) is 15.7. The number of nitrogens with one attached hydrogen (secondary N) is 1. The number of nitrogens with zero attached hydrogens (tertiary/aromatic N) is 3. The molecule has 0 radical (unpaired) electrons. The van der Waals surface area contributed by atoms with Gasteiger partial charge in [0.2, 0.25) is 0 Å². The number of fused-ring (bicyclic) bond motifs is 1. The van der Waals surface area contributed by atoms with Gasteiger partial charge in [-0.05, 0) is 30.7 Å². The van der Waals surface area contributed by atoms with E-state index in [4.69, 9.17) is 11.6 Å². The zero-order valence-electron chi connectivity index (χ0n) is 12.9. The Kier molecular flexibility index (Phi) is 3.74. The van der Waals surface area contributed by atoms with Crippen molar-refractivity contribution in [1.82, 2.24) is 20.2 Å². The summed E-state index contributed by atoms with van der Waals surface area (Å²) < 4.78 is 0. The van der Waals surface area contributed by atoms with Gasteiger partial charge in [-0.3, -0.25) is 10.1 Å². The third-order valence-electron chi connectivity index (χ3n) is 3.88. The Balaban J connectivity index is 1.93. The summed E-state index contributed by atoms with van der Waals surface area (Å²) in [5, 5.41) is 18.8. The molecule has 0 saturated carbocycles. The summed E-state index contributed by atoms with van der Waals surface area (Å²) in [6.45, 7) is 1.89. The van der Waals surface area contributed by atoms with Gasteiger partial charge >= 0.3 is 5.97 Å². The number of aromatic amines is 1. The molecule has 4 aromatic rings. The maximum Gasteiger partial charge on any atom is 0.356 e. The largest absolute Gasteiger partial charge is 0.476 e. The van der Waals surface area contributed by atoms with Gasteiger partial charge in [0.1, 0.15) is 10.7 Å². The van der Waals surface area contributed by atoms with E-state index in [0.29, 0.717) is 26.2 Å². The van der Waals surface area contributed by atoms with Gasteiger partial charge in [-0.25, -0.2) is 9.78 Å². The number of aromatic carboxylic acids is 1. The average molecular weight is 371 g/mol. The molecule has 0 atom stereocenters. The van der Waals surface area contributed by atoms with E-state index in [1.54, 1.807) is 24.5 Å². The number of aromatic nitrogens is 4. The van der Waals surface area contributed by atoms with E-state index in [1.165, 1.54) is 11.3 Å². The van der Waals surface area contributed by atoms with Crippen LogP contribution in [0.15, 0.2) is 36.7 Å². The maximum atomic E-state index is 11.6. The van der Waals surface area contributed by atoms with Crippen molar-refractivity contribution < 1.29 is 9.90 Å². The fourth-order valence-electron chi connectivity index (χ4n) is 2.62. The SMILES string of the molecule is Cc1c(Cl)ccc2c(-c3nc(C(=O)O)c(-c4cccnc4)s3)[nH]nc12. The van der Waals surface area contributed by atoms with Crippen LogP contribution in [0.5, 0.6) is 0 Å². The number of rotatable bonds is 3. The van der Waals surface area contributed by atoms with Crippen molar-refractivity contribution in [2.24, 2.45) is 0 Å². The molecule has 3 heterocycles. The molecule has 0 amide bonds. The number of H-pyrrole nitrogens is 1. The summed E-state index contributed by atoms with van der Waals surface area (Å²) in [6, 6.07) is 7.23. The molecule has 0 unspecified atom stereocenters. The summed E-state index contributed by atoms with van der Waals surface area (Å²) in [5.41, 5.74) is 3.01. The normalized spacial score (nSPS) is 11.1. The topological polar surface area (TPSA) is 91.8 Å². The Bertz CT molecular complexity index is 1100. The highest BCUT2D eigenvalue weighted by Gasteiger charge is 2.22. The number of hydrogen-bond donors (Lipinski definition) is 2. The highest BCUT2D eigenvalue weighted by molar-refractivity contribution is 7.18. The first-order valence-electron chi connectivity index (χ1n) is 7.34. The molecular weight excluding hydrogens is 360 g/mol. The van der Waals surface area contributed by atoms with Crippen molar-refractivity contribution in [3.63, 3.8) is 0 Å². The molecule has 0 saturated heterocycles. The number of aryl methyl sites for hydroxylation is 1. The van der Waals surface area contributed by atoms with Crippen LogP contribution in [0.3, 0.4) is 0 Å². The van der Waals surface area contributed by atoms with Gasteiger partial charge in [0.15, 0.2) is 5.69 Å². The quantitative estimate of drug-likeness (QED) is 0.557. The van der Waals surface area contributed by atoms with Gasteiger partial charge < -0.3 is 5.11 Å². The predicted octanol–water partition coefficient (Wildman–Crippen LogP) is 4.41. The minimum absolute atomic E-state index is 0.00133. The van der Waals surface area contributed by atoms with E-state index in [-0.39, 0.29) is 5.69 Å². The highest BCUT2D eigenvalue weighted by Crippen LogP contribution is 2.38. The zero-order valence-corrected chi connectivity index (χ0v) is 14.5. The number of pyridine rings is 1. The molecule has 0 aliphatic rings. The second-order valence-corrected chi connectivity index (χ2v) is 6.82. The van der Waals surface area contributed by atoms with Crippen LogP contribution >= 0.6 is 22.9 Å². The van der Waals surface area contributed by atoms with Crippen molar-refractivity contribution in [3.8, 4) is 21.1 Å². The Labute approximate surface area is 151 Å². The van der Waals surface area contributed by atoms with E-state index in [9.17, 15) is 9.90 Å². The fraction of sp³-hybridized carbons (Fsp3) is 0.0588. The molecule has 0 spiro atoms. The van der Waals surface area contributed by atoms with Crippen LogP contribution in [0, 0.1) is 6.92 Å². The van der Waals surface area contributed by atoms with Crippen LogP contribution in [-0.2, 0) is 0 Å². The van der Waals surface area contributed by atoms with E-state index in [2.05, 4.69) is 20.2 Å². The lowest BCUT2D eigenvalue weighted by Crippen LogP contribution is -1.98. The van der Waals surface area contributed by atoms with E-state index in [1.807, 2.05) is 19.1 Å². The number of carbonyl (C=O) groups is 1. The third-order valence-corrected chi connectivity index (χ3v) is 5.41.